The first-order valence-electron chi connectivity index (χ1n) is 5.94. The van der Waals surface area contributed by atoms with E-state index in [1.807, 2.05) is 20.8 Å². The lowest BCUT2D eigenvalue weighted by Crippen LogP contribution is -2.53. The summed E-state index contributed by atoms with van der Waals surface area (Å²) in [4.78, 5) is 14.0. The van der Waals surface area contributed by atoms with Crippen molar-refractivity contribution in [3.05, 3.63) is 17.8 Å². The van der Waals surface area contributed by atoms with E-state index in [-0.39, 0.29) is 17.6 Å². The Kier molecular flexibility index (Phi) is 3.21. The first-order valence-corrected chi connectivity index (χ1v) is 5.94. The number of hydrogen-bond donors (Lipinski definition) is 1. The second kappa shape index (κ2) is 4.53. The number of carbonyl (C=O) groups excluding carboxylic acids is 1. The van der Waals surface area contributed by atoms with Crippen molar-refractivity contribution in [3.63, 3.8) is 0 Å². The quantitative estimate of drug-likeness (QED) is 0.793. The van der Waals surface area contributed by atoms with E-state index in [4.69, 9.17) is 10.5 Å². The molecule has 0 radical (unpaired) electrons. The van der Waals surface area contributed by atoms with Crippen LogP contribution in [0.5, 0.6) is 0 Å². The number of carbonyl (C=O) groups is 1. The van der Waals surface area contributed by atoms with E-state index in [2.05, 4.69) is 10.2 Å². The summed E-state index contributed by atoms with van der Waals surface area (Å²) in [7, 11) is 0. The Bertz CT molecular complexity index is 444. The molecular formula is C12H18N4O2. The second-order valence-electron chi connectivity index (χ2n) is 5.22. The number of anilines is 1. The van der Waals surface area contributed by atoms with E-state index in [1.54, 1.807) is 17.0 Å². The number of morpholine rings is 1. The van der Waals surface area contributed by atoms with Gasteiger partial charge in [-0.05, 0) is 32.9 Å². The molecule has 2 N–H and O–H groups in total. The van der Waals surface area contributed by atoms with Crippen molar-refractivity contribution in [1.82, 2.24) is 15.1 Å². The van der Waals surface area contributed by atoms with Crippen LogP contribution in [-0.2, 0) is 4.74 Å². The SMILES string of the molecule is CC1CN(C(=O)c2ccc(N)nn2)CC(C)(C)O1. The van der Waals surface area contributed by atoms with Gasteiger partial charge in [-0.25, -0.2) is 0 Å². The molecule has 1 aromatic rings. The van der Waals surface area contributed by atoms with Crippen LogP contribution in [0.3, 0.4) is 0 Å². The van der Waals surface area contributed by atoms with Crippen molar-refractivity contribution in [2.45, 2.75) is 32.5 Å². The lowest BCUT2D eigenvalue weighted by molar-refractivity contribution is -0.119. The standard InChI is InChI=1S/C12H18N4O2/c1-8-6-16(7-12(2,3)18-8)11(17)9-4-5-10(13)15-14-9/h4-5,8H,6-7H2,1-3H3,(H2,13,15). The van der Waals surface area contributed by atoms with Gasteiger partial charge < -0.3 is 15.4 Å². The summed E-state index contributed by atoms with van der Waals surface area (Å²) < 4.78 is 5.76. The van der Waals surface area contributed by atoms with Crippen molar-refractivity contribution in [1.29, 1.82) is 0 Å². The van der Waals surface area contributed by atoms with E-state index in [0.717, 1.165) is 0 Å². The lowest BCUT2D eigenvalue weighted by atomic mass is 10.1. The molecule has 98 valence electrons. The Morgan fingerprint density at radius 1 is 1.50 bits per heavy atom. The molecule has 6 heteroatoms. The van der Waals surface area contributed by atoms with Crippen molar-refractivity contribution < 1.29 is 9.53 Å². The van der Waals surface area contributed by atoms with Crippen molar-refractivity contribution >= 4 is 11.7 Å². The van der Waals surface area contributed by atoms with Crippen LogP contribution in [0.1, 0.15) is 31.3 Å². The molecule has 18 heavy (non-hydrogen) atoms. The summed E-state index contributed by atoms with van der Waals surface area (Å²) in [6, 6.07) is 3.17. The van der Waals surface area contributed by atoms with Crippen LogP contribution in [-0.4, -0.2) is 45.8 Å². The molecule has 1 fully saturated rings. The fourth-order valence-corrected chi connectivity index (χ4v) is 2.23. The van der Waals surface area contributed by atoms with Crippen LogP contribution in [0.2, 0.25) is 0 Å². The van der Waals surface area contributed by atoms with Gasteiger partial charge in [-0.2, -0.15) is 0 Å². The number of nitrogen functional groups attached to an aromatic ring is 1. The van der Waals surface area contributed by atoms with Gasteiger partial charge in [0.1, 0.15) is 5.82 Å². The minimum Gasteiger partial charge on any atom is -0.382 e. The van der Waals surface area contributed by atoms with Crippen LogP contribution in [0, 0.1) is 0 Å². The van der Waals surface area contributed by atoms with Gasteiger partial charge in [-0.1, -0.05) is 0 Å². The number of ether oxygens (including phenoxy) is 1. The monoisotopic (exact) mass is 250 g/mol. The Morgan fingerprint density at radius 3 is 2.78 bits per heavy atom. The summed E-state index contributed by atoms with van der Waals surface area (Å²) in [6.07, 6.45) is 0.0134. The Hall–Kier alpha value is -1.69. The lowest BCUT2D eigenvalue weighted by Gasteiger charge is -2.41. The number of rotatable bonds is 1. The van der Waals surface area contributed by atoms with Crippen LogP contribution < -0.4 is 5.73 Å². The minimum absolute atomic E-state index is 0.0134. The number of nitrogens with two attached hydrogens (primary N) is 1. The molecule has 0 aromatic carbocycles. The third kappa shape index (κ3) is 2.76. The Morgan fingerprint density at radius 2 is 2.22 bits per heavy atom. The maximum atomic E-state index is 12.3. The maximum Gasteiger partial charge on any atom is 0.274 e. The highest BCUT2D eigenvalue weighted by molar-refractivity contribution is 5.92. The number of nitrogens with zero attached hydrogens (tertiary/aromatic N) is 3. The number of hydrogen-bond acceptors (Lipinski definition) is 5. The number of amides is 1. The summed E-state index contributed by atoms with van der Waals surface area (Å²) in [6.45, 7) is 7.00. The van der Waals surface area contributed by atoms with Gasteiger partial charge in [0.25, 0.3) is 5.91 Å². The molecule has 1 unspecified atom stereocenters. The number of aromatic nitrogens is 2. The molecule has 1 aliphatic rings. The molecule has 0 aliphatic carbocycles. The second-order valence-corrected chi connectivity index (χ2v) is 5.22. The van der Waals surface area contributed by atoms with E-state index in [0.29, 0.717) is 24.6 Å². The highest BCUT2D eigenvalue weighted by Crippen LogP contribution is 2.21. The fraction of sp³-hybridized carbons (Fsp3) is 0.583. The molecule has 2 rings (SSSR count). The zero-order valence-electron chi connectivity index (χ0n) is 10.9. The molecule has 6 nitrogen and oxygen atoms in total. The third-order valence-electron chi connectivity index (χ3n) is 2.76. The van der Waals surface area contributed by atoms with Gasteiger partial charge in [0.05, 0.1) is 11.7 Å². The topological polar surface area (TPSA) is 81.3 Å². The zero-order chi connectivity index (χ0) is 13.3. The first kappa shape index (κ1) is 12.8. The smallest absolute Gasteiger partial charge is 0.274 e. The van der Waals surface area contributed by atoms with Crippen molar-refractivity contribution in [2.75, 3.05) is 18.8 Å². The van der Waals surface area contributed by atoms with E-state index >= 15 is 0 Å². The molecular weight excluding hydrogens is 232 g/mol. The normalized spacial score (nSPS) is 22.8. The average molecular weight is 250 g/mol. The van der Waals surface area contributed by atoms with Gasteiger partial charge in [0, 0.05) is 13.1 Å². The highest BCUT2D eigenvalue weighted by atomic mass is 16.5. The van der Waals surface area contributed by atoms with Crippen LogP contribution in [0.15, 0.2) is 12.1 Å². The van der Waals surface area contributed by atoms with Gasteiger partial charge in [0.15, 0.2) is 5.69 Å². The van der Waals surface area contributed by atoms with Crippen LogP contribution in [0.4, 0.5) is 5.82 Å². The van der Waals surface area contributed by atoms with Crippen molar-refractivity contribution in [2.24, 2.45) is 0 Å². The maximum absolute atomic E-state index is 12.3. The summed E-state index contributed by atoms with van der Waals surface area (Å²) in [5, 5.41) is 7.52. The van der Waals surface area contributed by atoms with E-state index in [1.165, 1.54) is 0 Å². The molecule has 1 atom stereocenters. The van der Waals surface area contributed by atoms with E-state index < -0.39 is 0 Å². The summed E-state index contributed by atoms with van der Waals surface area (Å²) in [5.74, 6) is 0.174. The molecule has 1 saturated heterocycles. The average Bonchev–Trinajstić information content (AvgIpc) is 2.26. The van der Waals surface area contributed by atoms with Gasteiger partial charge in [0.2, 0.25) is 0 Å². The van der Waals surface area contributed by atoms with E-state index in [9.17, 15) is 4.79 Å². The summed E-state index contributed by atoms with van der Waals surface area (Å²) >= 11 is 0. The highest BCUT2D eigenvalue weighted by Gasteiger charge is 2.34. The Balaban J connectivity index is 2.16. The first-order chi connectivity index (χ1) is 8.37. The molecule has 2 heterocycles. The van der Waals surface area contributed by atoms with Crippen LogP contribution in [0.25, 0.3) is 0 Å². The van der Waals surface area contributed by atoms with Gasteiger partial charge in [-0.3, -0.25) is 4.79 Å². The fourth-order valence-electron chi connectivity index (χ4n) is 2.23. The predicted octanol–water partition coefficient (Wildman–Crippen LogP) is 0.698. The van der Waals surface area contributed by atoms with Gasteiger partial charge in [-0.15, -0.1) is 10.2 Å². The molecule has 0 bridgehead atoms. The molecule has 0 saturated carbocycles. The predicted molar refractivity (Wildman–Crippen MR) is 67.0 cm³/mol. The Labute approximate surface area is 106 Å². The van der Waals surface area contributed by atoms with Crippen LogP contribution >= 0.6 is 0 Å². The molecule has 1 aliphatic heterocycles. The largest absolute Gasteiger partial charge is 0.382 e. The molecule has 1 aromatic heterocycles. The minimum atomic E-state index is -0.339. The summed E-state index contributed by atoms with van der Waals surface area (Å²) in [5.41, 5.74) is 5.43. The molecule has 0 spiro atoms. The van der Waals surface area contributed by atoms with Crippen molar-refractivity contribution in [3.8, 4) is 0 Å². The third-order valence-corrected chi connectivity index (χ3v) is 2.76. The molecule has 1 amide bonds. The zero-order valence-corrected chi connectivity index (χ0v) is 10.9. The van der Waals surface area contributed by atoms with Gasteiger partial charge >= 0.3 is 0 Å².